The minimum absolute atomic E-state index is 0.118. The Bertz CT molecular complexity index is 426. The average Bonchev–Trinajstić information content (AvgIpc) is 2.27. The zero-order valence-corrected chi connectivity index (χ0v) is 10.1. The monoisotopic (exact) mass is 242 g/mol. The van der Waals surface area contributed by atoms with Crippen molar-refractivity contribution in [2.24, 2.45) is 5.41 Å². The highest BCUT2D eigenvalue weighted by Crippen LogP contribution is 2.15. The number of pyridine rings is 1. The first-order chi connectivity index (χ1) is 7.46. The van der Waals surface area contributed by atoms with Gasteiger partial charge in [-0.3, -0.25) is 9.59 Å². The van der Waals surface area contributed by atoms with Gasteiger partial charge in [0, 0.05) is 30.9 Å². The number of carbonyl (C=O) groups excluding carboxylic acids is 1. The molecule has 2 N–H and O–H groups in total. The largest absolute Gasteiger partial charge is 0.367 e. The van der Waals surface area contributed by atoms with E-state index in [1.165, 1.54) is 18.5 Å². The number of aromatic amines is 1. The first kappa shape index (κ1) is 12.8. The molecule has 0 atom stereocenters. The number of H-pyrrole nitrogens is 1. The van der Waals surface area contributed by atoms with Gasteiger partial charge in [-0.1, -0.05) is 13.8 Å². The Morgan fingerprint density at radius 1 is 1.56 bits per heavy atom. The van der Waals surface area contributed by atoms with E-state index < -0.39 is 0 Å². The van der Waals surface area contributed by atoms with E-state index in [0.29, 0.717) is 12.4 Å². The van der Waals surface area contributed by atoms with Gasteiger partial charge in [-0.2, -0.15) is 0 Å². The lowest BCUT2D eigenvalue weighted by Gasteiger charge is -2.21. The standard InChI is InChI=1S/C11H15ClN2O2/c1-11(2,6-12)7-14-10(16)8-5-13-4-3-9(8)15/h3-5H,6-7H2,1-2H3,(H,13,15)(H,14,16). The van der Waals surface area contributed by atoms with Crippen LogP contribution in [0.5, 0.6) is 0 Å². The second kappa shape index (κ2) is 5.16. The van der Waals surface area contributed by atoms with Gasteiger partial charge >= 0.3 is 0 Å². The van der Waals surface area contributed by atoms with E-state index >= 15 is 0 Å². The molecule has 88 valence electrons. The Hall–Kier alpha value is -1.29. The summed E-state index contributed by atoms with van der Waals surface area (Å²) in [5.74, 6) is 0.0679. The van der Waals surface area contributed by atoms with Crippen LogP contribution in [0.15, 0.2) is 23.3 Å². The van der Waals surface area contributed by atoms with E-state index in [9.17, 15) is 9.59 Å². The number of alkyl halides is 1. The Morgan fingerprint density at radius 3 is 2.81 bits per heavy atom. The normalized spacial score (nSPS) is 11.2. The topological polar surface area (TPSA) is 62.0 Å². The number of aromatic nitrogens is 1. The highest BCUT2D eigenvalue weighted by Gasteiger charge is 2.18. The number of amides is 1. The van der Waals surface area contributed by atoms with E-state index in [2.05, 4.69) is 10.3 Å². The number of hydrogen-bond donors (Lipinski definition) is 2. The van der Waals surface area contributed by atoms with Gasteiger partial charge < -0.3 is 10.3 Å². The van der Waals surface area contributed by atoms with Gasteiger partial charge in [0.05, 0.1) is 0 Å². The summed E-state index contributed by atoms with van der Waals surface area (Å²) in [6.07, 6.45) is 2.88. The minimum Gasteiger partial charge on any atom is -0.367 e. The van der Waals surface area contributed by atoms with Crippen molar-refractivity contribution in [1.29, 1.82) is 0 Å². The van der Waals surface area contributed by atoms with Crippen molar-refractivity contribution in [3.8, 4) is 0 Å². The Balaban J connectivity index is 2.68. The van der Waals surface area contributed by atoms with Gasteiger partial charge in [0.15, 0.2) is 5.43 Å². The summed E-state index contributed by atoms with van der Waals surface area (Å²) in [6, 6.07) is 1.32. The van der Waals surface area contributed by atoms with Crippen LogP contribution in [0.1, 0.15) is 24.2 Å². The third-order valence-electron chi connectivity index (χ3n) is 2.16. The van der Waals surface area contributed by atoms with Crippen LogP contribution in [0.3, 0.4) is 0 Å². The Kier molecular flexibility index (Phi) is 4.12. The highest BCUT2D eigenvalue weighted by atomic mass is 35.5. The summed E-state index contributed by atoms with van der Waals surface area (Å²) in [5.41, 5.74) is -0.355. The van der Waals surface area contributed by atoms with Crippen LogP contribution in [0.25, 0.3) is 0 Å². The Labute approximate surface area is 99.0 Å². The van der Waals surface area contributed by atoms with Crippen LogP contribution >= 0.6 is 11.6 Å². The van der Waals surface area contributed by atoms with Crippen LogP contribution in [0, 0.1) is 5.41 Å². The van der Waals surface area contributed by atoms with Crippen LogP contribution in [0.4, 0.5) is 0 Å². The van der Waals surface area contributed by atoms with E-state index in [1.807, 2.05) is 13.8 Å². The highest BCUT2D eigenvalue weighted by molar-refractivity contribution is 6.18. The fraction of sp³-hybridized carbons (Fsp3) is 0.455. The van der Waals surface area contributed by atoms with Gasteiger partial charge in [-0.05, 0) is 5.41 Å². The molecule has 1 amide bonds. The second-order valence-electron chi connectivity index (χ2n) is 4.40. The van der Waals surface area contributed by atoms with Crippen LogP contribution in [-0.2, 0) is 0 Å². The van der Waals surface area contributed by atoms with Crippen LogP contribution in [-0.4, -0.2) is 23.3 Å². The molecule has 0 unspecified atom stereocenters. The van der Waals surface area contributed by atoms with E-state index in [4.69, 9.17) is 11.6 Å². The number of hydrogen-bond acceptors (Lipinski definition) is 2. The predicted molar refractivity (Wildman–Crippen MR) is 63.9 cm³/mol. The molecule has 0 bridgehead atoms. The molecule has 0 aromatic carbocycles. The molecule has 0 saturated carbocycles. The molecule has 0 saturated heterocycles. The second-order valence-corrected chi connectivity index (χ2v) is 4.67. The molecule has 5 heteroatoms. The lowest BCUT2D eigenvalue weighted by atomic mass is 9.96. The Morgan fingerprint density at radius 2 is 2.25 bits per heavy atom. The zero-order valence-electron chi connectivity index (χ0n) is 9.34. The molecule has 1 heterocycles. The number of nitrogens with one attached hydrogen (secondary N) is 2. The molecule has 1 aromatic heterocycles. The molecule has 0 aliphatic heterocycles. The fourth-order valence-electron chi connectivity index (χ4n) is 1.06. The maximum atomic E-state index is 11.7. The summed E-state index contributed by atoms with van der Waals surface area (Å²) >= 11 is 5.73. The first-order valence-electron chi connectivity index (χ1n) is 4.97. The molecule has 0 fully saturated rings. The molecule has 0 spiro atoms. The summed E-state index contributed by atoms with van der Waals surface area (Å²) in [4.78, 5) is 25.7. The van der Waals surface area contributed by atoms with Gasteiger partial charge in [0.25, 0.3) is 5.91 Å². The summed E-state index contributed by atoms with van der Waals surface area (Å²) < 4.78 is 0. The molecular formula is C11H15ClN2O2. The van der Waals surface area contributed by atoms with Crippen molar-refractivity contribution in [1.82, 2.24) is 10.3 Å². The molecule has 1 aromatic rings. The number of rotatable bonds is 4. The van der Waals surface area contributed by atoms with Gasteiger partial charge in [0.2, 0.25) is 0 Å². The maximum Gasteiger partial charge on any atom is 0.256 e. The minimum atomic E-state index is -0.375. The quantitative estimate of drug-likeness (QED) is 0.784. The van der Waals surface area contributed by atoms with Crippen LogP contribution < -0.4 is 10.7 Å². The zero-order chi connectivity index (χ0) is 12.2. The SMILES string of the molecule is CC(C)(CCl)CNC(=O)c1c[nH]ccc1=O. The molecule has 0 radical (unpaired) electrons. The van der Waals surface area contributed by atoms with Crippen molar-refractivity contribution in [3.63, 3.8) is 0 Å². The molecule has 1 rings (SSSR count). The summed E-state index contributed by atoms with van der Waals surface area (Å²) in [7, 11) is 0. The fourth-order valence-corrected chi connectivity index (χ4v) is 1.15. The average molecular weight is 243 g/mol. The van der Waals surface area contributed by atoms with Crippen molar-refractivity contribution in [2.75, 3.05) is 12.4 Å². The van der Waals surface area contributed by atoms with Gasteiger partial charge in [0.1, 0.15) is 5.56 Å². The summed E-state index contributed by atoms with van der Waals surface area (Å²) in [5, 5.41) is 2.69. The lowest BCUT2D eigenvalue weighted by molar-refractivity contribution is 0.0938. The molecular weight excluding hydrogens is 228 g/mol. The van der Waals surface area contributed by atoms with Gasteiger partial charge in [-0.15, -0.1) is 11.6 Å². The van der Waals surface area contributed by atoms with E-state index in [1.54, 1.807) is 0 Å². The predicted octanol–water partition coefficient (Wildman–Crippen LogP) is 1.37. The molecule has 16 heavy (non-hydrogen) atoms. The number of halogens is 1. The number of carbonyl (C=O) groups is 1. The smallest absolute Gasteiger partial charge is 0.256 e. The van der Waals surface area contributed by atoms with Crippen molar-refractivity contribution in [3.05, 3.63) is 34.2 Å². The van der Waals surface area contributed by atoms with E-state index in [0.717, 1.165) is 0 Å². The lowest BCUT2D eigenvalue weighted by Crippen LogP contribution is -2.36. The van der Waals surface area contributed by atoms with Crippen molar-refractivity contribution < 1.29 is 4.79 Å². The van der Waals surface area contributed by atoms with Gasteiger partial charge in [-0.25, -0.2) is 0 Å². The summed E-state index contributed by atoms with van der Waals surface area (Å²) in [6.45, 7) is 4.31. The maximum absolute atomic E-state index is 11.7. The third-order valence-corrected chi connectivity index (χ3v) is 2.88. The van der Waals surface area contributed by atoms with E-state index in [-0.39, 0.29) is 22.3 Å². The third kappa shape index (κ3) is 3.38. The van der Waals surface area contributed by atoms with Crippen molar-refractivity contribution in [2.45, 2.75) is 13.8 Å². The first-order valence-corrected chi connectivity index (χ1v) is 5.51. The molecule has 0 aliphatic rings. The van der Waals surface area contributed by atoms with Crippen molar-refractivity contribution >= 4 is 17.5 Å². The molecule has 4 nitrogen and oxygen atoms in total. The van der Waals surface area contributed by atoms with Crippen LogP contribution in [0.2, 0.25) is 0 Å². The molecule has 0 aliphatic carbocycles.